The number of rotatable bonds is 0. The van der Waals surface area contributed by atoms with Crippen LogP contribution in [-0.4, -0.2) is 9.55 Å². The largest absolute Gasteiger partial charge is 0.385 e. The van der Waals surface area contributed by atoms with Crippen LogP contribution in [0.25, 0.3) is 0 Å². The smallest absolute Gasteiger partial charge is 0.225 e. The van der Waals surface area contributed by atoms with Crippen molar-refractivity contribution in [3.63, 3.8) is 0 Å². The van der Waals surface area contributed by atoms with Gasteiger partial charge in [-0.1, -0.05) is 0 Å². The summed E-state index contributed by atoms with van der Waals surface area (Å²) in [7, 11) is 1.66. The molecule has 5 heteroatoms. The van der Waals surface area contributed by atoms with E-state index in [1.807, 2.05) is 0 Å². The average molecular weight is 139 g/mol. The van der Waals surface area contributed by atoms with Crippen molar-refractivity contribution in [1.82, 2.24) is 9.55 Å². The van der Waals surface area contributed by atoms with Gasteiger partial charge < -0.3 is 16.0 Å². The van der Waals surface area contributed by atoms with E-state index < -0.39 is 0 Å². The molecule has 5 N–H and O–H groups in total. The van der Waals surface area contributed by atoms with E-state index in [9.17, 15) is 0 Å². The molecule has 0 saturated heterocycles. The van der Waals surface area contributed by atoms with Crippen molar-refractivity contribution >= 4 is 11.6 Å². The molecule has 0 aliphatic heterocycles. The van der Waals surface area contributed by atoms with Crippen molar-refractivity contribution in [1.29, 1.82) is 5.41 Å². The van der Waals surface area contributed by atoms with Crippen molar-refractivity contribution in [3.8, 4) is 0 Å². The molecule has 0 spiro atoms. The second-order valence-corrected chi connectivity index (χ2v) is 1.99. The summed E-state index contributed by atoms with van der Waals surface area (Å²) in [6.07, 6.45) is 0. The van der Waals surface area contributed by atoms with Crippen LogP contribution in [0.4, 0.5) is 11.6 Å². The molecule has 1 rings (SSSR count). The van der Waals surface area contributed by atoms with Gasteiger partial charge in [0.25, 0.3) is 0 Å². The lowest BCUT2D eigenvalue weighted by atomic mass is 10.5. The van der Waals surface area contributed by atoms with E-state index in [2.05, 4.69) is 4.98 Å². The Morgan fingerprint density at radius 2 is 2.20 bits per heavy atom. The standard InChI is InChI=1S/C5H9N5/c1-10-4(7)2-3(6)9-5(10)8/h2H,7H2,1H3,(H3,6,8,9). The number of nitrogen functional groups attached to an aromatic ring is 2. The first-order chi connectivity index (χ1) is 4.61. The number of aromatic nitrogens is 2. The summed E-state index contributed by atoms with van der Waals surface area (Å²) in [5.74, 6) is 0.720. The van der Waals surface area contributed by atoms with Crippen molar-refractivity contribution < 1.29 is 0 Å². The van der Waals surface area contributed by atoms with Crippen LogP contribution >= 0.6 is 0 Å². The van der Waals surface area contributed by atoms with Crippen molar-refractivity contribution in [2.24, 2.45) is 7.05 Å². The molecule has 10 heavy (non-hydrogen) atoms. The van der Waals surface area contributed by atoms with Crippen LogP contribution in [0.2, 0.25) is 0 Å². The third-order valence-electron chi connectivity index (χ3n) is 1.24. The molecule has 0 atom stereocenters. The van der Waals surface area contributed by atoms with E-state index in [0.29, 0.717) is 5.82 Å². The van der Waals surface area contributed by atoms with E-state index >= 15 is 0 Å². The highest BCUT2D eigenvalue weighted by Crippen LogP contribution is 1.98. The molecule has 54 valence electrons. The first-order valence-corrected chi connectivity index (χ1v) is 2.75. The summed E-state index contributed by atoms with van der Waals surface area (Å²) in [6, 6.07) is 1.51. The predicted molar refractivity (Wildman–Crippen MR) is 37.9 cm³/mol. The monoisotopic (exact) mass is 139 g/mol. The maximum atomic E-state index is 7.19. The molecule has 0 saturated carbocycles. The Labute approximate surface area is 57.8 Å². The molecule has 0 aromatic carbocycles. The quantitative estimate of drug-likeness (QED) is 0.433. The third-order valence-corrected chi connectivity index (χ3v) is 1.24. The summed E-state index contributed by atoms with van der Waals surface area (Å²) in [5.41, 5.74) is 10.8. The number of hydrogen-bond acceptors (Lipinski definition) is 4. The van der Waals surface area contributed by atoms with E-state index in [1.54, 1.807) is 7.05 Å². The Bertz CT molecular complexity index is 299. The summed E-state index contributed by atoms with van der Waals surface area (Å²) < 4.78 is 1.44. The van der Waals surface area contributed by atoms with Crippen LogP contribution in [0.5, 0.6) is 0 Å². The highest BCUT2D eigenvalue weighted by atomic mass is 15.1. The Morgan fingerprint density at radius 3 is 2.70 bits per heavy atom. The molecule has 1 aromatic heterocycles. The van der Waals surface area contributed by atoms with Gasteiger partial charge in [-0.05, 0) is 0 Å². The van der Waals surface area contributed by atoms with Crippen molar-refractivity contribution in [2.75, 3.05) is 11.5 Å². The number of nitrogens with zero attached hydrogens (tertiary/aromatic N) is 2. The van der Waals surface area contributed by atoms with Gasteiger partial charge in [-0.2, -0.15) is 4.98 Å². The maximum absolute atomic E-state index is 7.19. The Balaban J connectivity index is 3.46. The number of hydrogen-bond donors (Lipinski definition) is 3. The fraction of sp³-hybridized carbons (Fsp3) is 0.200. The SMILES string of the molecule is Cn1c(N)cc(N)nc1=N. The lowest BCUT2D eigenvalue weighted by Gasteiger charge is -2.02. The fourth-order valence-corrected chi connectivity index (χ4v) is 0.600. The van der Waals surface area contributed by atoms with Gasteiger partial charge in [0.1, 0.15) is 11.6 Å². The Kier molecular flexibility index (Phi) is 1.33. The molecule has 1 heterocycles. The van der Waals surface area contributed by atoms with Gasteiger partial charge in [-0.15, -0.1) is 0 Å². The maximum Gasteiger partial charge on any atom is 0.225 e. The summed E-state index contributed by atoms with van der Waals surface area (Å²) in [5, 5.41) is 7.19. The molecule has 5 nitrogen and oxygen atoms in total. The first kappa shape index (κ1) is 6.60. The van der Waals surface area contributed by atoms with E-state index in [1.165, 1.54) is 10.6 Å². The summed E-state index contributed by atoms with van der Waals surface area (Å²) in [6.45, 7) is 0. The van der Waals surface area contributed by atoms with Gasteiger partial charge in [-0.25, -0.2) is 0 Å². The van der Waals surface area contributed by atoms with Gasteiger partial charge in [-0.3, -0.25) is 5.41 Å². The van der Waals surface area contributed by atoms with E-state index in [0.717, 1.165) is 0 Å². The molecule has 0 radical (unpaired) electrons. The molecule has 1 aromatic rings. The molecular weight excluding hydrogens is 130 g/mol. The van der Waals surface area contributed by atoms with Crippen LogP contribution in [0, 0.1) is 5.41 Å². The van der Waals surface area contributed by atoms with Crippen LogP contribution in [-0.2, 0) is 7.05 Å². The molecular formula is C5H9N5. The van der Waals surface area contributed by atoms with Crippen LogP contribution in [0.15, 0.2) is 6.07 Å². The predicted octanol–water partition coefficient (Wildman–Crippen LogP) is -0.936. The zero-order chi connectivity index (χ0) is 7.72. The van der Waals surface area contributed by atoms with Crippen molar-refractivity contribution in [2.45, 2.75) is 0 Å². The lowest BCUT2D eigenvalue weighted by molar-refractivity contribution is 0.778. The van der Waals surface area contributed by atoms with Gasteiger partial charge in [0.2, 0.25) is 5.62 Å². The minimum Gasteiger partial charge on any atom is -0.385 e. The van der Waals surface area contributed by atoms with Crippen LogP contribution in [0.3, 0.4) is 0 Å². The zero-order valence-electron chi connectivity index (χ0n) is 5.63. The summed E-state index contributed by atoms with van der Waals surface area (Å²) in [4.78, 5) is 3.66. The molecule has 0 aliphatic carbocycles. The van der Waals surface area contributed by atoms with E-state index in [-0.39, 0.29) is 11.4 Å². The Hall–Kier alpha value is -1.52. The second kappa shape index (κ2) is 2.02. The number of nitrogens with two attached hydrogens (primary N) is 2. The number of anilines is 2. The zero-order valence-corrected chi connectivity index (χ0v) is 5.63. The molecule has 0 amide bonds. The minimum absolute atomic E-state index is 0.0671. The van der Waals surface area contributed by atoms with Crippen molar-refractivity contribution in [3.05, 3.63) is 11.7 Å². The molecule has 0 aliphatic rings. The highest BCUT2D eigenvalue weighted by molar-refractivity contribution is 5.39. The van der Waals surface area contributed by atoms with Gasteiger partial charge in [0, 0.05) is 13.1 Å². The number of nitrogens with one attached hydrogen (secondary N) is 1. The highest BCUT2D eigenvalue weighted by Gasteiger charge is 1.93. The van der Waals surface area contributed by atoms with E-state index in [4.69, 9.17) is 16.9 Å². The topological polar surface area (TPSA) is 93.7 Å². The molecule has 0 unspecified atom stereocenters. The fourth-order valence-electron chi connectivity index (χ4n) is 0.600. The van der Waals surface area contributed by atoms with Gasteiger partial charge >= 0.3 is 0 Å². The Morgan fingerprint density at radius 1 is 1.60 bits per heavy atom. The normalized spacial score (nSPS) is 9.70. The first-order valence-electron chi connectivity index (χ1n) is 2.75. The average Bonchev–Trinajstić information content (AvgIpc) is 1.82. The van der Waals surface area contributed by atoms with Gasteiger partial charge in [0.05, 0.1) is 0 Å². The van der Waals surface area contributed by atoms with Crippen LogP contribution in [0.1, 0.15) is 0 Å². The molecule has 0 fully saturated rings. The lowest BCUT2D eigenvalue weighted by Crippen LogP contribution is -2.23. The van der Waals surface area contributed by atoms with Gasteiger partial charge in [0.15, 0.2) is 0 Å². The third kappa shape index (κ3) is 0.928. The van der Waals surface area contributed by atoms with Crippen LogP contribution < -0.4 is 17.1 Å². The molecule has 0 bridgehead atoms. The summed E-state index contributed by atoms with van der Waals surface area (Å²) >= 11 is 0. The second-order valence-electron chi connectivity index (χ2n) is 1.99. The minimum atomic E-state index is 0.0671.